The SMILES string of the molecule is CCCN1C(=O)/C(=C\c2ccc(OCc3ccc(F)cc3)c(OC)c2)SC1=S. The lowest BCUT2D eigenvalue weighted by Crippen LogP contribution is -2.28. The molecule has 7 heteroatoms. The molecule has 1 aliphatic heterocycles. The second-order valence-electron chi connectivity index (χ2n) is 6.16. The van der Waals surface area contributed by atoms with Crippen LogP contribution in [-0.4, -0.2) is 28.8 Å². The molecule has 0 aromatic heterocycles. The van der Waals surface area contributed by atoms with E-state index >= 15 is 0 Å². The van der Waals surface area contributed by atoms with Crippen molar-refractivity contribution in [3.63, 3.8) is 0 Å². The van der Waals surface area contributed by atoms with E-state index in [1.807, 2.05) is 19.1 Å². The molecule has 0 radical (unpaired) electrons. The first-order valence-electron chi connectivity index (χ1n) is 8.82. The Morgan fingerprint density at radius 1 is 1.18 bits per heavy atom. The molecule has 1 saturated heterocycles. The molecule has 0 bridgehead atoms. The standard InChI is InChI=1S/C21H20FNO3S2/c1-3-10-23-20(24)19(28-21(23)27)12-15-6-9-17(18(11-15)25-2)26-13-14-4-7-16(22)8-5-14/h4-9,11-12H,3,10,13H2,1-2H3/b19-12+. The molecule has 1 amide bonds. The van der Waals surface area contributed by atoms with Crippen molar-refractivity contribution >= 4 is 40.3 Å². The van der Waals surface area contributed by atoms with Gasteiger partial charge in [0.05, 0.1) is 12.0 Å². The number of amides is 1. The molecule has 2 aromatic rings. The summed E-state index contributed by atoms with van der Waals surface area (Å²) in [5.41, 5.74) is 1.68. The summed E-state index contributed by atoms with van der Waals surface area (Å²) < 4.78 is 24.8. The topological polar surface area (TPSA) is 38.8 Å². The van der Waals surface area contributed by atoms with Gasteiger partial charge < -0.3 is 9.47 Å². The largest absolute Gasteiger partial charge is 0.493 e. The van der Waals surface area contributed by atoms with Crippen LogP contribution in [-0.2, 0) is 11.4 Å². The number of carbonyl (C=O) groups is 1. The smallest absolute Gasteiger partial charge is 0.266 e. The molecule has 0 saturated carbocycles. The van der Waals surface area contributed by atoms with Gasteiger partial charge in [-0.05, 0) is 47.9 Å². The second-order valence-corrected chi connectivity index (χ2v) is 7.83. The van der Waals surface area contributed by atoms with Gasteiger partial charge in [-0.1, -0.05) is 49.1 Å². The first kappa shape index (κ1) is 20.4. The van der Waals surface area contributed by atoms with Gasteiger partial charge in [-0.3, -0.25) is 9.69 Å². The maximum Gasteiger partial charge on any atom is 0.266 e. The van der Waals surface area contributed by atoms with Crippen LogP contribution in [0.4, 0.5) is 4.39 Å². The van der Waals surface area contributed by atoms with E-state index in [2.05, 4.69) is 0 Å². The van der Waals surface area contributed by atoms with Crippen LogP contribution >= 0.6 is 24.0 Å². The minimum Gasteiger partial charge on any atom is -0.493 e. The van der Waals surface area contributed by atoms with Crippen molar-refractivity contribution in [2.24, 2.45) is 0 Å². The van der Waals surface area contributed by atoms with E-state index < -0.39 is 0 Å². The number of rotatable bonds is 7. The second kappa shape index (κ2) is 9.21. The van der Waals surface area contributed by atoms with E-state index in [0.717, 1.165) is 17.5 Å². The molecule has 1 heterocycles. The third-order valence-electron chi connectivity index (χ3n) is 4.11. The van der Waals surface area contributed by atoms with Crippen LogP contribution in [0.5, 0.6) is 11.5 Å². The highest BCUT2D eigenvalue weighted by atomic mass is 32.2. The van der Waals surface area contributed by atoms with E-state index in [1.54, 1.807) is 36.3 Å². The van der Waals surface area contributed by atoms with E-state index in [1.165, 1.54) is 23.9 Å². The van der Waals surface area contributed by atoms with Crippen LogP contribution in [0.3, 0.4) is 0 Å². The number of thiocarbonyl (C=S) groups is 1. The fraction of sp³-hybridized carbons (Fsp3) is 0.238. The summed E-state index contributed by atoms with van der Waals surface area (Å²) in [7, 11) is 1.56. The van der Waals surface area contributed by atoms with E-state index in [9.17, 15) is 9.18 Å². The highest BCUT2D eigenvalue weighted by Gasteiger charge is 2.31. The molecule has 0 unspecified atom stereocenters. The zero-order valence-corrected chi connectivity index (χ0v) is 17.2. The number of halogens is 1. The summed E-state index contributed by atoms with van der Waals surface area (Å²) >= 11 is 6.60. The monoisotopic (exact) mass is 417 g/mol. The van der Waals surface area contributed by atoms with Gasteiger partial charge in [0.15, 0.2) is 11.5 Å². The molecule has 2 aromatic carbocycles. The van der Waals surface area contributed by atoms with E-state index in [4.69, 9.17) is 21.7 Å². The van der Waals surface area contributed by atoms with Crippen molar-refractivity contribution in [1.82, 2.24) is 4.90 Å². The quantitative estimate of drug-likeness (QED) is 0.467. The number of methoxy groups -OCH3 is 1. The highest BCUT2D eigenvalue weighted by molar-refractivity contribution is 8.26. The Bertz CT molecular complexity index is 912. The molecular weight excluding hydrogens is 397 g/mol. The van der Waals surface area contributed by atoms with Crippen LogP contribution in [0.25, 0.3) is 6.08 Å². The van der Waals surface area contributed by atoms with Crippen LogP contribution in [0.1, 0.15) is 24.5 Å². The summed E-state index contributed by atoms with van der Waals surface area (Å²) in [6, 6.07) is 11.6. The maximum atomic E-state index is 13.0. The van der Waals surface area contributed by atoms with Crippen LogP contribution in [0, 0.1) is 5.82 Å². The fourth-order valence-electron chi connectivity index (χ4n) is 2.70. The van der Waals surface area contributed by atoms with Crippen molar-refractivity contribution in [3.8, 4) is 11.5 Å². The molecule has 4 nitrogen and oxygen atoms in total. The molecule has 1 fully saturated rings. The van der Waals surface area contributed by atoms with Gasteiger partial charge in [0, 0.05) is 6.54 Å². The van der Waals surface area contributed by atoms with Gasteiger partial charge in [0.1, 0.15) is 16.7 Å². The predicted octanol–water partition coefficient (Wildman–Crippen LogP) is 5.02. The van der Waals surface area contributed by atoms with Gasteiger partial charge in [0.25, 0.3) is 5.91 Å². The van der Waals surface area contributed by atoms with Crippen LogP contribution < -0.4 is 9.47 Å². The molecule has 0 aliphatic carbocycles. The van der Waals surface area contributed by atoms with Gasteiger partial charge in [0.2, 0.25) is 0 Å². The lowest BCUT2D eigenvalue weighted by Gasteiger charge is -2.12. The molecule has 28 heavy (non-hydrogen) atoms. The van der Waals surface area contributed by atoms with Crippen molar-refractivity contribution < 1.29 is 18.7 Å². The molecule has 0 atom stereocenters. The van der Waals surface area contributed by atoms with E-state index in [0.29, 0.717) is 33.9 Å². The zero-order chi connectivity index (χ0) is 20.1. The van der Waals surface area contributed by atoms with Gasteiger partial charge in [-0.15, -0.1) is 0 Å². The Hall–Kier alpha value is -2.38. The Morgan fingerprint density at radius 2 is 1.93 bits per heavy atom. The number of ether oxygens (including phenoxy) is 2. The molecule has 0 N–H and O–H groups in total. The summed E-state index contributed by atoms with van der Waals surface area (Å²) in [5.74, 6) is 0.782. The van der Waals surface area contributed by atoms with Crippen molar-refractivity contribution in [2.45, 2.75) is 20.0 Å². The number of thioether (sulfide) groups is 1. The lowest BCUT2D eigenvalue weighted by molar-refractivity contribution is -0.122. The average molecular weight is 418 g/mol. The van der Waals surface area contributed by atoms with E-state index in [-0.39, 0.29) is 11.7 Å². The fourth-order valence-corrected chi connectivity index (χ4v) is 4.01. The summed E-state index contributed by atoms with van der Waals surface area (Å²) in [6.07, 6.45) is 2.66. The number of hydrogen-bond acceptors (Lipinski definition) is 5. The Morgan fingerprint density at radius 3 is 2.61 bits per heavy atom. The van der Waals surface area contributed by atoms with Crippen LogP contribution in [0.2, 0.25) is 0 Å². The first-order chi connectivity index (χ1) is 13.5. The zero-order valence-electron chi connectivity index (χ0n) is 15.6. The maximum absolute atomic E-state index is 13.0. The molecular formula is C21H20FNO3S2. The minimum atomic E-state index is -0.282. The van der Waals surface area contributed by atoms with Gasteiger partial charge >= 0.3 is 0 Å². The minimum absolute atomic E-state index is 0.0625. The normalized spacial score (nSPS) is 15.4. The Balaban J connectivity index is 1.75. The molecule has 0 spiro atoms. The molecule has 1 aliphatic rings. The summed E-state index contributed by atoms with van der Waals surface area (Å²) in [4.78, 5) is 14.7. The van der Waals surface area contributed by atoms with Crippen molar-refractivity contribution in [2.75, 3.05) is 13.7 Å². The van der Waals surface area contributed by atoms with Crippen molar-refractivity contribution in [3.05, 3.63) is 64.3 Å². The third kappa shape index (κ3) is 4.72. The molecule has 3 rings (SSSR count). The van der Waals surface area contributed by atoms with Crippen molar-refractivity contribution in [1.29, 1.82) is 0 Å². The van der Waals surface area contributed by atoms with Gasteiger partial charge in [-0.2, -0.15) is 0 Å². The summed E-state index contributed by atoms with van der Waals surface area (Å²) in [5, 5.41) is 0. The molecule has 146 valence electrons. The summed E-state index contributed by atoms with van der Waals surface area (Å²) in [6.45, 7) is 2.94. The number of hydrogen-bond donors (Lipinski definition) is 0. The Labute approximate surface area is 173 Å². The predicted molar refractivity (Wildman–Crippen MR) is 114 cm³/mol. The Kier molecular flexibility index (Phi) is 6.70. The third-order valence-corrected chi connectivity index (χ3v) is 5.49. The average Bonchev–Trinajstić information content (AvgIpc) is 2.96. The van der Waals surface area contributed by atoms with Gasteiger partial charge in [-0.25, -0.2) is 4.39 Å². The highest BCUT2D eigenvalue weighted by Crippen LogP contribution is 2.35. The van der Waals surface area contributed by atoms with Crippen LogP contribution in [0.15, 0.2) is 47.4 Å². The lowest BCUT2D eigenvalue weighted by atomic mass is 10.1. The number of carbonyl (C=O) groups excluding carboxylic acids is 1. The number of nitrogens with zero attached hydrogens (tertiary/aromatic N) is 1. The number of benzene rings is 2. The first-order valence-corrected chi connectivity index (χ1v) is 10.0.